The van der Waals surface area contributed by atoms with E-state index in [9.17, 15) is 4.79 Å². The van der Waals surface area contributed by atoms with Crippen LogP contribution in [0.4, 0.5) is 0 Å². The van der Waals surface area contributed by atoms with Crippen LogP contribution in [0.1, 0.15) is 0 Å². The summed E-state index contributed by atoms with van der Waals surface area (Å²) in [4.78, 5) is 18.0. The third-order valence-electron chi connectivity index (χ3n) is 4.52. The Balaban J connectivity index is 1.71. The number of nitrogens with zero attached hydrogens (tertiary/aromatic N) is 2. The predicted octanol–water partition coefficient (Wildman–Crippen LogP) is 4.34. The molecule has 7 heteroatoms. The molecule has 134 valence electrons. The number of benzene rings is 2. The number of hydrogen-bond donors (Lipinski definition) is 0. The van der Waals surface area contributed by atoms with Crippen molar-refractivity contribution >= 4 is 37.5 Å². The van der Waals surface area contributed by atoms with E-state index >= 15 is 0 Å². The van der Waals surface area contributed by atoms with E-state index in [-0.39, 0.29) is 0 Å². The lowest BCUT2D eigenvalue weighted by molar-refractivity contribution is 0.407. The lowest BCUT2D eigenvalue weighted by Crippen LogP contribution is -2.03. The van der Waals surface area contributed by atoms with Crippen molar-refractivity contribution in [1.29, 1.82) is 0 Å². The number of methoxy groups -OCH3 is 2. The topological polar surface area (TPSA) is 66.0 Å². The minimum absolute atomic E-state index is 0.424. The maximum atomic E-state index is 12.6. The highest BCUT2D eigenvalue weighted by Crippen LogP contribution is 2.32. The Labute approximate surface area is 157 Å². The molecule has 0 aliphatic rings. The Morgan fingerprint density at radius 1 is 1.11 bits per heavy atom. The summed E-state index contributed by atoms with van der Waals surface area (Å²) >= 11 is 1.54. The maximum absolute atomic E-state index is 12.6. The predicted molar refractivity (Wildman–Crippen MR) is 105 cm³/mol. The maximum Gasteiger partial charge on any atom is 0.345 e. The summed E-state index contributed by atoms with van der Waals surface area (Å²) < 4.78 is 19.1. The molecule has 0 amide bonds. The minimum atomic E-state index is -0.441. The largest absolute Gasteiger partial charge is 0.497 e. The zero-order valence-electron chi connectivity index (χ0n) is 14.6. The van der Waals surface area contributed by atoms with E-state index in [2.05, 4.69) is 4.98 Å². The molecule has 0 fully saturated rings. The van der Waals surface area contributed by atoms with Gasteiger partial charge in [0.2, 0.25) is 0 Å². The Morgan fingerprint density at radius 2 is 2.00 bits per heavy atom. The fraction of sp³-hybridized carbons (Fsp3) is 0.100. The second-order valence-electron chi connectivity index (χ2n) is 6.04. The second-order valence-corrected chi connectivity index (χ2v) is 7.05. The lowest BCUT2D eigenvalue weighted by Gasteiger charge is -2.04. The molecule has 0 aliphatic carbocycles. The highest BCUT2D eigenvalue weighted by atomic mass is 32.1. The summed E-state index contributed by atoms with van der Waals surface area (Å²) in [5.74, 6) is 1.33. The molecule has 0 unspecified atom stereocenters. The molecule has 6 nitrogen and oxygen atoms in total. The quantitative estimate of drug-likeness (QED) is 0.437. The van der Waals surface area contributed by atoms with E-state index in [1.807, 2.05) is 40.9 Å². The van der Waals surface area contributed by atoms with E-state index < -0.39 is 5.63 Å². The molecule has 27 heavy (non-hydrogen) atoms. The van der Waals surface area contributed by atoms with Gasteiger partial charge in [-0.3, -0.25) is 4.40 Å². The fourth-order valence-corrected chi connectivity index (χ4v) is 4.23. The standard InChI is InChI=1S/C20H14N2O4S/c1-24-12-6-7-15-17(9-12)27-20-21-14(10-22(15)20)13-8-11-4-3-5-16(25-2)18(11)26-19(13)23/h3-10H,1-2H3. The molecule has 0 saturated carbocycles. The molecule has 0 spiro atoms. The van der Waals surface area contributed by atoms with Crippen LogP contribution in [0.2, 0.25) is 0 Å². The molecular formula is C20H14N2O4S. The fourth-order valence-electron chi connectivity index (χ4n) is 3.20. The summed E-state index contributed by atoms with van der Waals surface area (Å²) in [6.07, 6.45) is 1.86. The van der Waals surface area contributed by atoms with Crippen LogP contribution in [-0.2, 0) is 0 Å². The van der Waals surface area contributed by atoms with Crippen molar-refractivity contribution < 1.29 is 13.9 Å². The SMILES string of the molecule is COc1ccc2c(c1)sc1nc(-c3cc4cccc(OC)c4oc3=O)cn12. The number of ether oxygens (including phenoxy) is 2. The van der Waals surface area contributed by atoms with Gasteiger partial charge in [0, 0.05) is 11.6 Å². The summed E-state index contributed by atoms with van der Waals surface area (Å²) in [6, 6.07) is 13.2. The van der Waals surface area contributed by atoms with Crippen LogP contribution in [0.3, 0.4) is 0 Å². The molecule has 5 aromatic rings. The average Bonchev–Trinajstić information content (AvgIpc) is 3.24. The van der Waals surface area contributed by atoms with Gasteiger partial charge in [0.25, 0.3) is 0 Å². The Morgan fingerprint density at radius 3 is 2.81 bits per heavy atom. The Hall–Kier alpha value is -3.32. The number of rotatable bonds is 3. The number of aromatic nitrogens is 2. The first-order valence-corrected chi connectivity index (χ1v) is 9.06. The average molecular weight is 378 g/mol. The first-order valence-electron chi connectivity index (χ1n) is 8.25. The lowest BCUT2D eigenvalue weighted by atomic mass is 10.1. The first kappa shape index (κ1) is 15.9. The van der Waals surface area contributed by atoms with Crippen LogP contribution in [0.15, 0.2) is 57.9 Å². The number of imidazole rings is 1. The minimum Gasteiger partial charge on any atom is -0.497 e. The van der Waals surface area contributed by atoms with Crippen molar-refractivity contribution in [3.8, 4) is 22.8 Å². The van der Waals surface area contributed by atoms with Crippen molar-refractivity contribution in [2.24, 2.45) is 0 Å². The summed E-state index contributed by atoms with van der Waals surface area (Å²) in [7, 11) is 3.19. The molecule has 0 bridgehead atoms. The number of thiazole rings is 1. The van der Waals surface area contributed by atoms with Gasteiger partial charge in [0.15, 0.2) is 16.3 Å². The van der Waals surface area contributed by atoms with Gasteiger partial charge in [-0.25, -0.2) is 9.78 Å². The number of hydrogen-bond acceptors (Lipinski definition) is 6. The zero-order chi connectivity index (χ0) is 18.5. The van der Waals surface area contributed by atoms with E-state index in [4.69, 9.17) is 13.9 Å². The Bertz CT molecular complexity index is 1380. The highest BCUT2D eigenvalue weighted by molar-refractivity contribution is 7.23. The molecular weight excluding hydrogens is 364 g/mol. The monoisotopic (exact) mass is 378 g/mol. The van der Waals surface area contributed by atoms with Gasteiger partial charge in [-0.15, -0.1) is 0 Å². The summed E-state index contributed by atoms with van der Waals surface area (Å²) in [6.45, 7) is 0. The molecule has 0 atom stereocenters. The van der Waals surface area contributed by atoms with Crippen molar-refractivity contribution in [2.75, 3.05) is 14.2 Å². The highest BCUT2D eigenvalue weighted by Gasteiger charge is 2.16. The second kappa shape index (κ2) is 5.85. The van der Waals surface area contributed by atoms with E-state index in [0.29, 0.717) is 22.6 Å². The number of para-hydroxylation sites is 1. The van der Waals surface area contributed by atoms with Gasteiger partial charge < -0.3 is 13.9 Å². The molecule has 5 rings (SSSR count). The summed E-state index contributed by atoms with van der Waals surface area (Å²) in [5.41, 5.74) is 2.02. The van der Waals surface area contributed by atoms with Crippen molar-refractivity contribution in [2.45, 2.75) is 0 Å². The third kappa shape index (κ3) is 2.39. The van der Waals surface area contributed by atoms with E-state index in [0.717, 1.165) is 26.3 Å². The van der Waals surface area contributed by atoms with Crippen LogP contribution >= 0.6 is 11.3 Å². The van der Waals surface area contributed by atoms with E-state index in [1.165, 1.54) is 0 Å². The van der Waals surface area contributed by atoms with Gasteiger partial charge in [0.1, 0.15) is 5.75 Å². The zero-order valence-corrected chi connectivity index (χ0v) is 15.4. The smallest absolute Gasteiger partial charge is 0.345 e. The normalized spacial score (nSPS) is 11.5. The van der Waals surface area contributed by atoms with Gasteiger partial charge in [-0.1, -0.05) is 23.5 Å². The Kier molecular flexibility index (Phi) is 3.45. The third-order valence-corrected chi connectivity index (χ3v) is 5.54. The van der Waals surface area contributed by atoms with Gasteiger partial charge in [-0.05, 0) is 30.3 Å². The van der Waals surface area contributed by atoms with Crippen LogP contribution in [0.25, 0.3) is 37.4 Å². The molecule has 3 heterocycles. The molecule has 0 saturated heterocycles. The molecule has 3 aromatic heterocycles. The van der Waals surface area contributed by atoms with Gasteiger partial charge in [0.05, 0.1) is 35.7 Å². The molecule has 0 radical (unpaired) electrons. The summed E-state index contributed by atoms with van der Waals surface area (Å²) in [5, 5.41) is 0.787. The molecule has 0 N–H and O–H groups in total. The van der Waals surface area contributed by atoms with Crippen LogP contribution in [-0.4, -0.2) is 23.6 Å². The van der Waals surface area contributed by atoms with Crippen LogP contribution in [0.5, 0.6) is 11.5 Å². The van der Waals surface area contributed by atoms with E-state index in [1.54, 1.807) is 37.7 Å². The first-order chi connectivity index (χ1) is 13.2. The van der Waals surface area contributed by atoms with Crippen LogP contribution < -0.4 is 15.1 Å². The van der Waals surface area contributed by atoms with Crippen molar-refractivity contribution in [1.82, 2.24) is 9.38 Å². The molecule has 0 aliphatic heterocycles. The number of fused-ring (bicyclic) bond motifs is 4. The van der Waals surface area contributed by atoms with Gasteiger partial charge >= 0.3 is 5.63 Å². The van der Waals surface area contributed by atoms with Gasteiger partial charge in [-0.2, -0.15) is 0 Å². The van der Waals surface area contributed by atoms with Crippen molar-refractivity contribution in [3.63, 3.8) is 0 Å². The van der Waals surface area contributed by atoms with Crippen molar-refractivity contribution in [3.05, 3.63) is 59.1 Å². The molecule has 2 aromatic carbocycles. The van der Waals surface area contributed by atoms with Crippen LogP contribution in [0, 0.1) is 0 Å².